The minimum atomic E-state index is -1.59. The molecule has 0 saturated heterocycles. The molecule has 1 N–H and O–H groups in total. The van der Waals surface area contributed by atoms with Crippen molar-refractivity contribution in [3.8, 4) is 6.01 Å². The number of hydrogen-bond donors (Lipinski definition) is 1. The van der Waals surface area contributed by atoms with E-state index >= 15 is 0 Å². The van der Waals surface area contributed by atoms with Crippen molar-refractivity contribution < 1.29 is 4.43 Å². The SMILES string of the molecule is C[Si]Nc1ccnc(O[Si](C)(C)C)n1. The molecule has 0 aliphatic rings. The molecular weight excluding hydrogens is 210 g/mol. The highest BCUT2D eigenvalue weighted by Crippen LogP contribution is 2.12. The first-order chi connectivity index (χ1) is 6.51. The molecule has 76 valence electrons. The molecule has 0 saturated carbocycles. The van der Waals surface area contributed by atoms with Crippen LogP contribution in [0, 0.1) is 0 Å². The summed E-state index contributed by atoms with van der Waals surface area (Å²) >= 11 is 0. The highest BCUT2D eigenvalue weighted by atomic mass is 28.4. The second-order valence-electron chi connectivity index (χ2n) is 3.81. The number of anilines is 1. The summed E-state index contributed by atoms with van der Waals surface area (Å²) in [4.78, 5) is 11.5. The van der Waals surface area contributed by atoms with Crippen LogP contribution in [0.5, 0.6) is 6.01 Å². The highest BCUT2D eigenvalue weighted by Gasteiger charge is 2.17. The quantitative estimate of drug-likeness (QED) is 0.793. The largest absolute Gasteiger partial charge is 0.518 e. The average Bonchev–Trinajstić information content (AvgIpc) is 2.02. The summed E-state index contributed by atoms with van der Waals surface area (Å²) in [6.45, 7) is 8.38. The third-order valence-electron chi connectivity index (χ3n) is 1.28. The molecule has 0 fully saturated rings. The third kappa shape index (κ3) is 3.88. The molecule has 1 aromatic rings. The van der Waals surface area contributed by atoms with Crippen LogP contribution in [0.2, 0.25) is 26.2 Å². The zero-order valence-electron chi connectivity index (χ0n) is 8.96. The van der Waals surface area contributed by atoms with E-state index in [2.05, 4.69) is 41.1 Å². The van der Waals surface area contributed by atoms with E-state index in [4.69, 9.17) is 4.43 Å². The Balaban J connectivity index is 2.73. The number of aromatic nitrogens is 2. The van der Waals surface area contributed by atoms with Crippen LogP contribution < -0.4 is 9.41 Å². The maximum atomic E-state index is 5.67. The predicted octanol–water partition coefficient (Wildman–Crippen LogP) is 1.77. The van der Waals surface area contributed by atoms with Crippen molar-refractivity contribution in [1.29, 1.82) is 0 Å². The minimum absolute atomic E-state index is 0.479. The van der Waals surface area contributed by atoms with Crippen LogP contribution in [-0.4, -0.2) is 28.0 Å². The Morgan fingerprint density at radius 3 is 2.71 bits per heavy atom. The van der Waals surface area contributed by atoms with Gasteiger partial charge in [0.25, 0.3) is 0 Å². The summed E-state index contributed by atoms with van der Waals surface area (Å²) in [5.41, 5.74) is 0. The first-order valence-corrected chi connectivity index (χ1v) is 9.37. The van der Waals surface area contributed by atoms with Crippen LogP contribution in [0.4, 0.5) is 5.82 Å². The topological polar surface area (TPSA) is 47.0 Å². The fourth-order valence-corrected chi connectivity index (χ4v) is 1.90. The number of nitrogens with zero attached hydrogens (tertiary/aromatic N) is 2. The zero-order chi connectivity index (χ0) is 10.6. The van der Waals surface area contributed by atoms with Gasteiger partial charge in [-0.2, -0.15) is 4.98 Å². The summed E-state index contributed by atoms with van der Waals surface area (Å²) < 4.78 is 5.67. The van der Waals surface area contributed by atoms with E-state index in [0.29, 0.717) is 15.7 Å². The van der Waals surface area contributed by atoms with E-state index in [0.717, 1.165) is 5.82 Å². The lowest BCUT2D eigenvalue weighted by atomic mass is 10.6. The molecule has 0 aromatic carbocycles. The fourth-order valence-electron chi connectivity index (χ4n) is 0.862. The van der Waals surface area contributed by atoms with Gasteiger partial charge in [-0.25, -0.2) is 4.98 Å². The Bertz CT molecular complexity index is 301. The van der Waals surface area contributed by atoms with Gasteiger partial charge < -0.3 is 9.41 Å². The van der Waals surface area contributed by atoms with Gasteiger partial charge >= 0.3 is 6.01 Å². The van der Waals surface area contributed by atoms with Gasteiger partial charge in [0.2, 0.25) is 8.32 Å². The normalized spacial score (nSPS) is 11.1. The molecule has 0 aliphatic heterocycles. The number of hydrogen-bond acceptors (Lipinski definition) is 4. The first kappa shape index (κ1) is 11.2. The molecular formula is C8H15N3OSi2. The number of rotatable bonds is 4. The van der Waals surface area contributed by atoms with Crippen LogP contribution in [0.25, 0.3) is 0 Å². The maximum Gasteiger partial charge on any atom is 0.304 e. The average molecular weight is 225 g/mol. The first-order valence-electron chi connectivity index (χ1n) is 4.46. The van der Waals surface area contributed by atoms with Crippen molar-refractivity contribution in [2.45, 2.75) is 26.2 Å². The second kappa shape index (κ2) is 4.56. The van der Waals surface area contributed by atoms with E-state index in [1.54, 1.807) is 6.20 Å². The Labute approximate surface area is 88.2 Å². The zero-order valence-corrected chi connectivity index (χ0v) is 11.0. The summed E-state index contributed by atoms with van der Waals surface area (Å²) in [5.74, 6) is 0.828. The van der Waals surface area contributed by atoms with Crippen molar-refractivity contribution >= 4 is 23.8 Å². The Morgan fingerprint density at radius 2 is 2.14 bits per heavy atom. The molecule has 14 heavy (non-hydrogen) atoms. The molecule has 0 atom stereocenters. The van der Waals surface area contributed by atoms with Crippen molar-refractivity contribution in [2.24, 2.45) is 0 Å². The molecule has 1 rings (SSSR count). The van der Waals surface area contributed by atoms with E-state index < -0.39 is 8.32 Å². The van der Waals surface area contributed by atoms with E-state index in [1.165, 1.54) is 0 Å². The maximum absolute atomic E-state index is 5.67. The van der Waals surface area contributed by atoms with Crippen LogP contribution in [0.3, 0.4) is 0 Å². The molecule has 0 amide bonds. The summed E-state index contributed by atoms with van der Waals surface area (Å²) in [5, 5.41) is 0. The lowest BCUT2D eigenvalue weighted by Gasteiger charge is -2.17. The standard InChI is InChI=1S/C8H15N3OSi2/c1-13-11-7-5-6-9-8(10-7)12-14(2,3)4/h5-6H,1-4H3,(H,9,10,11). The molecule has 0 aliphatic carbocycles. The summed E-state index contributed by atoms with van der Waals surface area (Å²) in [6, 6.07) is 2.32. The fraction of sp³-hybridized carbons (Fsp3) is 0.500. The molecule has 1 aromatic heterocycles. The predicted molar refractivity (Wildman–Crippen MR) is 61.2 cm³/mol. The van der Waals surface area contributed by atoms with Crippen molar-refractivity contribution in [1.82, 2.24) is 9.97 Å². The van der Waals surface area contributed by atoms with Gasteiger partial charge in [-0.15, -0.1) is 0 Å². The lowest BCUT2D eigenvalue weighted by molar-refractivity contribution is 0.510. The van der Waals surface area contributed by atoms with Gasteiger partial charge in [0.15, 0.2) is 9.68 Å². The second-order valence-corrected chi connectivity index (χ2v) is 8.99. The summed E-state index contributed by atoms with van der Waals surface area (Å²) in [7, 11) is -0.959. The Hall–Kier alpha value is -0.886. The Morgan fingerprint density at radius 1 is 1.43 bits per heavy atom. The highest BCUT2D eigenvalue weighted by molar-refractivity contribution is 6.70. The van der Waals surface area contributed by atoms with Crippen molar-refractivity contribution in [2.75, 3.05) is 4.98 Å². The van der Waals surface area contributed by atoms with E-state index in [1.807, 2.05) is 6.07 Å². The van der Waals surface area contributed by atoms with Crippen molar-refractivity contribution in [3.05, 3.63) is 12.3 Å². The van der Waals surface area contributed by atoms with Gasteiger partial charge in [0.1, 0.15) is 5.82 Å². The lowest BCUT2D eigenvalue weighted by Crippen LogP contribution is -2.30. The summed E-state index contributed by atoms with van der Waals surface area (Å²) in [6.07, 6.45) is 1.71. The van der Waals surface area contributed by atoms with Crippen LogP contribution in [0.15, 0.2) is 12.3 Å². The van der Waals surface area contributed by atoms with E-state index in [-0.39, 0.29) is 0 Å². The molecule has 6 heteroatoms. The molecule has 4 nitrogen and oxygen atoms in total. The van der Waals surface area contributed by atoms with Gasteiger partial charge in [-0.3, -0.25) is 0 Å². The smallest absolute Gasteiger partial charge is 0.304 e. The monoisotopic (exact) mass is 225 g/mol. The van der Waals surface area contributed by atoms with Gasteiger partial charge in [0.05, 0.1) is 0 Å². The van der Waals surface area contributed by atoms with E-state index in [9.17, 15) is 0 Å². The van der Waals surface area contributed by atoms with Crippen molar-refractivity contribution in [3.63, 3.8) is 0 Å². The Kier molecular flexibility index (Phi) is 3.64. The third-order valence-corrected chi connectivity index (χ3v) is 2.59. The minimum Gasteiger partial charge on any atom is -0.518 e. The van der Waals surface area contributed by atoms with Crippen LogP contribution in [-0.2, 0) is 0 Å². The molecule has 2 radical (unpaired) electrons. The molecule has 1 heterocycles. The van der Waals surface area contributed by atoms with Gasteiger partial charge in [-0.1, -0.05) is 6.55 Å². The molecule has 0 spiro atoms. The van der Waals surface area contributed by atoms with Gasteiger partial charge in [-0.05, 0) is 25.7 Å². The number of nitrogens with one attached hydrogen (secondary N) is 1. The molecule has 0 bridgehead atoms. The van der Waals surface area contributed by atoms with Gasteiger partial charge in [0, 0.05) is 6.20 Å². The van der Waals surface area contributed by atoms with Crippen LogP contribution in [0.1, 0.15) is 0 Å². The molecule has 0 unspecified atom stereocenters. The van der Waals surface area contributed by atoms with Crippen LogP contribution >= 0.6 is 0 Å².